The minimum Gasteiger partial charge on any atom is -0.496 e. The maximum absolute atomic E-state index is 16.7. The molecule has 0 unspecified atom stereocenters. The third kappa shape index (κ3) is 6.29. The van der Waals surface area contributed by atoms with Crippen molar-refractivity contribution in [1.29, 1.82) is 0 Å². The number of amides is 2. The Morgan fingerprint density at radius 2 is 1.84 bits per heavy atom. The van der Waals surface area contributed by atoms with Crippen molar-refractivity contribution >= 4 is 57.4 Å². The van der Waals surface area contributed by atoms with Gasteiger partial charge in [0.25, 0.3) is 5.91 Å². The summed E-state index contributed by atoms with van der Waals surface area (Å²) in [6, 6.07) is 15.0. The number of hydrogen-bond donors (Lipinski definition) is 3. The molecule has 5 aromatic rings. The molecule has 13 heteroatoms. The van der Waals surface area contributed by atoms with Gasteiger partial charge in [-0.15, -0.1) is 0 Å². The van der Waals surface area contributed by atoms with Crippen molar-refractivity contribution in [3.05, 3.63) is 84.1 Å². The number of aliphatic imine (C=N–C) groups is 1. The number of nitrogens with one attached hydrogen (secondary N) is 2. The third-order valence-electron chi connectivity index (χ3n) is 9.37. The molecule has 0 atom stereocenters. The van der Waals surface area contributed by atoms with Crippen LogP contribution in [-0.4, -0.2) is 102 Å². The van der Waals surface area contributed by atoms with Gasteiger partial charge in [-0.1, -0.05) is 24.3 Å². The van der Waals surface area contributed by atoms with E-state index in [1.54, 1.807) is 35.2 Å². The number of nitrogens with zero attached hydrogens (tertiary/aromatic N) is 6. The Morgan fingerprint density at radius 1 is 1.00 bits per heavy atom. The van der Waals surface area contributed by atoms with E-state index in [0.29, 0.717) is 73.7 Å². The van der Waals surface area contributed by atoms with Gasteiger partial charge in [0.1, 0.15) is 17.3 Å². The molecule has 2 aliphatic heterocycles. The lowest BCUT2D eigenvalue weighted by atomic mass is 9.93. The van der Waals surface area contributed by atoms with E-state index in [2.05, 4.69) is 29.9 Å². The Labute approximate surface area is 288 Å². The normalized spacial score (nSPS) is 15.5. The number of rotatable bonds is 9. The second-order valence-electron chi connectivity index (χ2n) is 12.2. The minimum atomic E-state index is -0.473. The van der Waals surface area contributed by atoms with E-state index in [4.69, 9.17) is 10.6 Å². The van der Waals surface area contributed by atoms with Crippen LogP contribution in [0.5, 0.6) is 5.75 Å². The number of H-pyrrole nitrogens is 2. The highest BCUT2D eigenvalue weighted by molar-refractivity contribution is 6.15. The number of hydrazone groups is 1. The maximum Gasteiger partial charge on any atom is 0.270 e. The van der Waals surface area contributed by atoms with Crippen molar-refractivity contribution < 1.29 is 18.7 Å². The van der Waals surface area contributed by atoms with Crippen LogP contribution in [0.2, 0.25) is 0 Å². The molecule has 0 radical (unpaired) electrons. The number of nitrogens with two attached hydrogens (primary N) is 1. The van der Waals surface area contributed by atoms with Gasteiger partial charge in [0.2, 0.25) is 5.91 Å². The first-order valence-corrected chi connectivity index (χ1v) is 16.6. The third-order valence-corrected chi connectivity index (χ3v) is 9.37. The van der Waals surface area contributed by atoms with Gasteiger partial charge in [-0.25, -0.2) is 9.37 Å². The molecule has 2 aliphatic rings. The zero-order valence-corrected chi connectivity index (χ0v) is 27.7. The van der Waals surface area contributed by atoms with Crippen molar-refractivity contribution in [2.45, 2.75) is 12.8 Å². The smallest absolute Gasteiger partial charge is 0.270 e. The molecule has 2 amide bonds. The van der Waals surface area contributed by atoms with Crippen LogP contribution in [0, 0.1) is 5.82 Å². The lowest BCUT2D eigenvalue weighted by Crippen LogP contribution is -2.49. The Hall–Kier alpha value is -5.98. The number of benzene rings is 2. The Balaban J connectivity index is 1.18. The average Bonchev–Trinajstić information content (AvgIpc) is 3.83. The van der Waals surface area contributed by atoms with Crippen LogP contribution in [-0.2, 0) is 4.79 Å². The van der Waals surface area contributed by atoms with E-state index in [0.717, 1.165) is 27.8 Å². The van der Waals surface area contributed by atoms with Crippen molar-refractivity contribution in [1.82, 2.24) is 24.8 Å². The summed E-state index contributed by atoms with van der Waals surface area (Å²) in [6.07, 6.45) is 9.27. The molecule has 50 heavy (non-hydrogen) atoms. The van der Waals surface area contributed by atoms with Crippen molar-refractivity contribution in [2.24, 2.45) is 15.9 Å². The molecular formula is C37H38FN9O3. The first kappa shape index (κ1) is 32.6. The number of carbonyl (C=O) groups excluding carboxylic acids is 2. The maximum atomic E-state index is 16.7. The number of methoxy groups -OCH3 is 1. The number of aromatic nitrogens is 3. The van der Waals surface area contributed by atoms with Crippen LogP contribution >= 0.6 is 0 Å². The summed E-state index contributed by atoms with van der Waals surface area (Å²) in [5.74, 6) is 5.85. The standard InChI is InChI=1S/C37H38FN9O3/c1-50-32-7-3-2-6-25(32)28-21-27(24-5-4-16-47(23-24)33(48)10-11-40-14-15-43-39)34(38)35-29(28)22-31(44-35)37(49)46-19-17-45(18-20-46)36-26-8-12-41-30(26)9-13-42-36/h2-3,5-9,12-15,21-22,41,44H,4,10-11,16-20,23,39H2,1H3/b40-14?,43-15-. The second kappa shape index (κ2) is 14.2. The van der Waals surface area contributed by atoms with Crippen LogP contribution in [0.4, 0.5) is 10.2 Å². The Kier molecular flexibility index (Phi) is 9.28. The minimum absolute atomic E-state index is 0.0720. The van der Waals surface area contributed by atoms with Gasteiger partial charge in [-0.2, -0.15) is 5.10 Å². The molecule has 5 heterocycles. The van der Waals surface area contributed by atoms with E-state index in [1.807, 2.05) is 48.7 Å². The van der Waals surface area contributed by atoms with E-state index >= 15 is 4.39 Å². The predicted molar refractivity (Wildman–Crippen MR) is 194 cm³/mol. The van der Waals surface area contributed by atoms with Gasteiger partial charge in [0.05, 0.1) is 24.4 Å². The number of carbonyl (C=O) groups is 2. The summed E-state index contributed by atoms with van der Waals surface area (Å²) in [4.78, 5) is 47.8. The summed E-state index contributed by atoms with van der Waals surface area (Å²) < 4.78 is 22.4. The molecule has 7 rings (SSSR count). The number of para-hydroxylation sites is 1. The Morgan fingerprint density at radius 3 is 2.66 bits per heavy atom. The highest BCUT2D eigenvalue weighted by atomic mass is 19.1. The van der Waals surface area contributed by atoms with E-state index in [1.165, 1.54) is 12.4 Å². The topological polar surface area (TPSA) is 148 Å². The molecule has 2 aromatic carbocycles. The molecule has 0 bridgehead atoms. The van der Waals surface area contributed by atoms with Gasteiger partial charge >= 0.3 is 0 Å². The molecule has 12 nitrogen and oxygen atoms in total. The molecule has 4 N–H and O–H groups in total. The van der Waals surface area contributed by atoms with Crippen LogP contribution in [0.1, 0.15) is 28.9 Å². The van der Waals surface area contributed by atoms with Crippen molar-refractivity contribution in [2.75, 3.05) is 57.8 Å². The summed E-state index contributed by atoms with van der Waals surface area (Å²) in [5.41, 5.74) is 4.11. The number of aromatic amines is 2. The fourth-order valence-electron chi connectivity index (χ4n) is 6.84. The zero-order valence-electron chi connectivity index (χ0n) is 27.7. The van der Waals surface area contributed by atoms with Crippen LogP contribution in [0.3, 0.4) is 0 Å². The van der Waals surface area contributed by atoms with Gasteiger partial charge in [0, 0.05) is 92.7 Å². The fourth-order valence-corrected chi connectivity index (χ4v) is 6.84. The summed E-state index contributed by atoms with van der Waals surface area (Å²) in [5, 5.41) is 4.98. The molecule has 1 fully saturated rings. The summed E-state index contributed by atoms with van der Waals surface area (Å²) in [7, 11) is 1.60. The first-order chi connectivity index (χ1) is 24.5. The van der Waals surface area contributed by atoms with Gasteiger partial charge in [-0.05, 0) is 47.9 Å². The molecule has 1 saturated heterocycles. The Bertz CT molecular complexity index is 2140. The number of pyridine rings is 1. The van der Waals surface area contributed by atoms with Crippen LogP contribution < -0.4 is 15.5 Å². The fraction of sp³-hybridized carbons (Fsp3) is 0.270. The van der Waals surface area contributed by atoms with Crippen LogP contribution in [0.15, 0.2) is 77.1 Å². The highest BCUT2D eigenvalue weighted by Gasteiger charge is 2.28. The van der Waals surface area contributed by atoms with E-state index in [-0.39, 0.29) is 30.3 Å². The number of ether oxygens (including phenoxy) is 1. The first-order valence-electron chi connectivity index (χ1n) is 16.6. The van der Waals surface area contributed by atoms with Gasteiger partial charge < -0.3 is 35.2 Å². The number of fused-ring (bicyclic) bond motifs is 2. The molecule has 256 valence electrons. The number of halogens is 1. The van der Waals surface area contributed by atoms with E-state index < -0.39 is 5.82 Å². The molecular weight excluding hydrogens is 637 g/mol. The number of piperazine rings is 1. The summed E-state index contributed by atoms with van der Waals surface area (Å²) >= 11 is 0. The second-order valence-corrected chi connectivity index (χ2v) is 12.2. The quantitative estimate of drug-likeness (QED) is 0.116. The number of hydrogen-bond acceptors (Lipinski definition) is 8. The molecule has 0 saturated carbocycles. The number of anilines is 1. The molecule has 3 aromatic heterocycles. The lowest BCUT2D eigenvalue weighted by molar-refractivity contribution is -0.130. The van der Waals surface area contributed by atoms with Crippen LogP contribution in [0.25, 0.3) is 38.5 Å². The highest BCUT2D eigenvalue weighted by Crippen LogP contribution is 2.40. The van der Waals surface area contributed by atoms with E-state index in [9.17, 15) is 9.59 Å². The zero-order chi connectivity index (χ0) is 34.6. The largest absolute Gasteiger partial charge is 0.496 e. The molecule has 0 aliphatic carbocycles. The van der Waals surface area contributed by atoms with Crippen molar-refractivity contribution in [3.63, 3.8) is 0 Å². The van der Waals surface area contributed by atoms with Crippen molar-refractivity contribution in [3.8, 4) is 16.9 Å². The van der Waals surface area contributed by atoms with Gasteiger partial charge in [0.15, 0.2) is 5.82 Å². The predicted octanol–water partition coefficient (Wildman–Crippen LogP) is 4.84. The summed E-state index contributed by atoms with van der Waals surface area (Å²) in [6.45, 7) is 3.30. The average molecular weight is 676 g/mol. The SMILES string of the molecule is COc1ccccc1-c1cc(C2=CCCN(C(=O)CCN=C/C=N\N)C2)c(F)c2[nH]c(C(=O)N3CCN(c4nccc5[nH]ccc45)CC3)cc12. The lowest BCUT2D eigenvalue weighted by Gasteiger charge is -2.35. The van der Waals surface area contributed by atoms with Gasteiger partial charge in [-0.3, -0.25) is 14.6 Å². The monoisotopic (exact) mass is 675 g/mol. The molecule has 0 spiro atoms.